The van der Waals surface area contributed by atoms with Crippen molar-refractivity contribution in [1.29, 1.82) is 0 Å². The molecule has 32 nitrogen and oxygen atoms in total. The second-order valence-corrected chi connectivity index (χ2v) is 20.0. The number of phosphoric acid groups is 2. The first-order valence-electron chi connectivity index (χ1n) is 23.6. The van der Waals surface area contributed by atoms with Crippen molar-refractivity contribution in [1.82, 2.24) is 44.4 Å². The first-order chi connectivity index (χ1) is 37.6. The smallest absolute Gasteiger partial charge is 0.420 e. The van der Waals surface area contributed by atoms with Gasteiger partial charge in [0.25, 0.3) is 11.1 Å². The number of carbonyl (C=O) groups excluding carboxylic acids is 2. The molecule has 1 aromatic carbocycles. The van der Waals surface area contributed by atoms with E-state index in [0.717, 1.165) is 28.7 Å². The molecule has 434 valence electrons. The number of hydrogen-bond acceptors (Lipinski definition) is 25. The number of nitrogens with one attached hydrogen (secondary N) is 3. The van der Waals surface area contributed by atoms with Gasteiger partial charge in [-0.25, -0.2) is 27.9 Å². The second kappa shape index (κ2) is 25.7. The number of ether oxygens (including phenoxy) is 8. The number of halogens is 4. The Morgan fingerprint density at radius 3 is 1.63 bits per heavy atom. The van der Waals surface area contributed by atoms with Gasteiger partial charge in [0.2, 0.25) is 35.2 Å². The summed E-state index contributed by atoms with van der Waals surface area (Å²) in [6.45, 7) is -0.650. The quantitative estimate of drug-likeness (QED) is 0.0107. The number of aliphatic hydroxyl groups is 1. The molecule has 7 heterocycles. The fourth-order valence-corrected chi connectivity index (χ4v) is 10.0. The summed E-state index contributed by atoms with van der Waals surface area (Å²) >= 11 is 0. The van der Waals surface area contributed by atoms with Crippen LogP contribution in [-0.2, 0) is 70.0 Å². The number of H-pyrrole nitrogens is 2. The maximum atomic E-state index is 13.9. The third-order valence-corrected chi connectivity index (χ3v) is 13.8. The molecule has 79 heavy (non-hydrogen) atoms. The summed E-state index contributed by atoms with van der Waals surface area (Å²) in [5.41, 5.74) is 8.34. The number of imidazole rings is 2. The van der Waals surface area contributed by atoms with Gasteiger partial charge < -0.3 is 69.6 Å². The maximum Gasteiger partial charge on any atom is 0.472 e. The summed E-state index contributed by atoms with van der Waals surface area (Å²) in [6.07, 6.45) is -10.4. The predicted molar refractivity (Wildman–Crippen MR) is 252 cm³/mol. The number of aliphatic hydroxyl groups excluding tert-OH is 1. The average Bonchev–Trinajstić information content (AvgIpc) is 4.26. The van der Waals surface area contributed by atoms with E-state index in [1.165, 1.54) is 0 Å². The lowest BCUT2D eigenvalue weighted by molar-refractivity contribution is -0.136. The molecular weight excluding hydrogens is 1120 g/mol. The molecule has 0 aliphatic carbocycles. The minimum atomic E-state index is -5.30. The number of benzene rings is 1. The van der Waals surface area contributed by atoms with Crippen LogP contribution in [0.3, 0.4) is 0 Å². The number of hydrogen-bond donors (Lipinski definition) is 8. The number of phosphoric ester groups is 2. The van der Waals surface area contributed by atoms with E-state index in [1.54, 1.807) is 0 Å². The Hall–Kier alpha value is -5.92. The lowest BCUT2D eigenvalue weighted by Crippen LogP contribution is -2.48. The first kappa shape index (κ1) is 59.2. The number of anilines is 2. The van der Waals surface area contributed by atoms with Gasteiger partial charge in [0.15, 0.2) is 46.4 Å². The molecule has 0 bridgehead atoms. The van der Waals surface area contributed by atoms with E-state index in [1.807, 2.05) is 0 Å². The van der Waals surface area contributed by atoms with E-state index in [9.17, 15) is 60.8 Å². The minimum Gasteiger partial charge on any atom is -0.420 e. The van der Waals surface area contributed by atoms with Crippen LogP contribution >= 0.6 is 15.6 Å². The van der Waals surface area contributed by atoms with Crippen LogP contribution in [-0.4, -0.2) is 182 Å². The molecular formula is C41H51F4N11O21P2. The molecule has 3 saturated heterocycles. The molecule has 4 unspecified atom stereocenters. The molecule has 5 aromatic rings. The van der Waals surface area contributed by atoms with Crippen LogP contribution in [0.1, 0.15) is 30.9 Å². The molecule has 10 atom stereocenters. The number of aromatic amines is 2. The minimum absolute atomic E-state index is 0.0202. The van der Waals surface area contributed by atoms with Gasteiger partial charge in [0, 0.05) is 12.0 Å². The van der Waals surface area contributed by atoms with Crippen molar-refractivity contribution in [3.05, 3.63) is 62.2 Å². The lowest BCUT2D eigenvalue weighted by atomic mass is 10.1. The number of nitrogens with two attached hydrogens (primary N) is 2. The second-order valence-electron chi connectivity index (χ2n) is 17.2. The van der Waals surface area contributed by atoms with Crippen LogP contribution in [0.2, 0.25) is 0 Å². The van der Waals surface area contributed by atoms with E-state index in [-0.39, 0.29) is 107 Å². The molecule has 3 fully saturated rings. The van der Waals surface area contributed by atoms with Gasteiger partial charge in [0.1, 0.15) is 36.6 Å². The molecule has 3 aliphatic heterocycles. The van der Waals surface area contributed by atoms with Crippen molar-refractivity contribution in [3.63, 3.8) is 0 Å². The number of nitrogen functional groups attached to an aromatic ring is 2. The summed E-state index contributed by atoms with van der Waals surface area (Å²) in [6, 6.07) is -1.52. The molecule has 38 heteroatoms. The Kier molecular flexibility index (Phi) is 19.2. The summed E-state index contributed by atoms with van der Waals surface area (Å²) in [5, 5.41) is 14.0. The number of nitrogens with zero attached hydrogens (tertiary/aromatic N) is 6. The Morgan fingerprint density at radius 1 is 0.696 bits per heavy atom. The summed E-state index contributed by atoms with van der Waals surface area (Å²) < 4.78 is 150. The average molecular weight is 1170 g/mol. The normalized spacial score (nSPS) is 26.4. The van der Waals surface area contributed by atoms with Crippen molar-refractivity contribution in [3.8, 4) is 5.75 Å². The number of rotatable bonds is 22. The monoisotopic (exact) mass is 1170 g/mol. The molecule has 10 N–H and O–H groups in total. The van der Waals surface area contributed by atoms with Gasteiger partial charge in [-0.1, -0.05) is 0 Å². The highest BCUT2D eigenvalue weighted by Gasteiger charge is 2.55. The number of fused-ring (bicyclic) bond motifs is 4. The zero-order chi connectivity index (χ0) is 56.8. The zero-order valence-electron chi connectivity index (χ0n) is 41.1. The Bertz CT molecular complexity index is 3200. The Labute approximate surface area is 440 Å². The number of esters is 1. The van der Waals surface area contributed by atoms with Crippen LogP contribution < -0.4 is 32.6 Å². The van der Waals surface area contributed by atoms with Gasteiger partial charge in [-0.3, -0.25) is 56.4 Å². The summed E-state index contributed by atoms with van der Waals surface area (Å²) in [4.78, 5) is 93.4. The molecule has 8 rings (SSSR count). The molecule has 4 aromatic heterocycles. The van der Waals surface area contributed by atoms with E-state index < -0.39 is 142 Å². The molecule has 0 spiro atoms. The van der Waals surface area contributed by atoms with Crippen LogP contribution in [0.4, 0.5) is 29.5 Å². The fraction of sp³-hybridized carbons (Fsp3) is 0.561. The maximum absolute atomic E-state index is 13.9. The van der Waals surface area contributed by atoms with Crippen LogP contribution in [0.15, 0.2) is 22.2 Å². The number of aromatic nitrogens is 8. The van der Waals surface area contributed by atoms with Crippen molar-refractivity contribution in [2.24, 2.45) is 0 Å². The number of amides is 1. The van der Waals surface area contributed by atoms with Gasteiger partial charge in [-0.05, 0) is 6.92 Å². The zero-order valence-corrected chi connectivity index (χ0v) is 42.9. The fourth-order valence-electron chi connectivity index (χ4n) is 8.11. The summed E-state index contributed by atoms with van der Waals surface area (Å²) in [5.74, 6) is -11.1. The number of carbonyl (C=O) groups is 2. The van der Waals surface area contributed by atoms with E-state index in [0.29, 0.717) is 0 Å². The standard InChI is InChI=1S/C41H51F4N11O21P2/c1-18-23(42)25(44)33(26(45)24(18)43)75-22(58)3-5-67-7-9-69-11-13-70-12-10-68-8-6-66-4-2-21(57)50-27-31-19(73-38(27)55-16-48-28-34(55)51-40(46)53-36(28)60)14-71-79(64,65)77-32-20(15-72-78(62,63)76-31)74-39(30(32)59)56-17-49-29-35(56)52-41(47)54-37(29)61/h16-17,19-20,27,30-32,38-39,59H,2-15H2,1H3,(H,50,57)(H,62,63)(H,64,65)(H3,46,51,53,60)(H3,47,52,54,61)/t19-,20-,27?,30?,31+,32+,38-,39-/m1/s1. The third-order valence-electron chi connectivity index (χ3n) is 11.8. The molecule has 0 radical (unpaired) electrons. The molecule has 0 saturated carbocycles. The van der Waals surface area contributed by atoms with Gasteiger partial charge in [-0.15, -0.1) is 0 Å². The third kappa shape index (κ3) is 14.2. The highest BCUT2D eigenvalue weighted by Crippen LogP contribution is 2.54. The van der Waals surface area contributed by atoms with Crippen molar-refractivity contribution in [2.75, 3.05) is 90.7 Å². The van der Waals surface area contributed by atoms with Gasteiger partial charge >= 0.3 is 21.6 Å². The topological polar surface area (TPSA) is 431 Å². The Morgan fingerprint density at radius 2 is 1.13 bits per heavy atom. The van der Waals surface area contributed by atoms with Gasteiger partial charge in [0.05, 0.1) is 98.4 Å². The first-order valence-corrected chi connectivity index (χ1v) is 26.6. The largest absolute Gasteiger partial charge is 0.472 e. The highest BCUT2D eigenvalue weighted by molar-refractivity contribution is 7.47. The van der Waals surface area contributed by atoms with Crippen LogP contribution in [0.5, 0.6) is 5.75 Å². The highest BCUT2D eigenvalue weighted by atomic mass is 31.2. The van der Waals surface area contributed by atoms with Gasteiger partial charge in [-0.2, -0.15) is 18.7 Å². The van der Waals surface area contributed by atoms with Crippen molar-refractivity contribution < 1.29 is 107 Å². The van der Waals surface area contributed by atoms with E-state index >= 15 is 0 Å². The van der Waals surface area contributed by atoms with E-state index in [4.69, 9.17) is 62.7 Å². The van der Waals surface area contributed by atoms with Crippen LogP contribution in [0, 0.1) is 30.2 Å². The molecule has 1 amide bonds. The SMILES string of the molecule is Cc1c(F)c(F)c(OC(=O)CCOCCOCCOCCOCCOCCC(=O)NC2[C@H]3OP(=O)(O)OC[C@H]4O[C@@H](n5cnc6c(=O)[nH]c(N)nc65)C(O)[C@H]4OP(=O)(O)OC[C@H]3O[C@H]2n2cnc3c(=O)[nH]c(N)nc32)c(F)c1F. The van der Waals surface area contributed by atoms with Crippen molar-refractivity contribution in [2.45, 2.75) is 68.8 Å². The lowest BCUT2D eigenvalue weighted by Gasteiger charge is -2.29. The Balaban J connectivity index is 0.791. The predicted octanol–water partition coefficient (Wildman–Crippen LogP) is -0.591. The van der Waals surface area contributed by atoms with Crippen LogP contribution in [0.25, 0.3) is 22.3 Å². The molecule has 3 aliphatic rings. The van der Waals surface area contributed by atoms with E-state index in [2.05, 4.69) is 40.0 Å². The van der Waals surface area contributed by atoms with Crippen molar-refractivity contribution >= 4 is 61.7 Å². The summed E-state index contributed by atoms with van der Waals surface area (Å²) in [7, 11) is -10.6.